The molecule has 96 valence electrons. The van der Waals surface area contributed by atoms with Gasteiger partial charge in [0.1, 0.15) is 0 Å². The summed E-state index contributed by atoms with van der Waals surface area (Å²) in [5.41, 5.74) is 4.89. The van der Waals surface area contributed by atoms with Crippen LogP contribution in [-0.4, -0.2) is 11.2 Å². The van der Waals surface area contributed by atoms with Crippen molar-refractivity contribution in [1.29, 1.82) is 0 Å². The Hall–Kier alpha value is -1.86. The van der Waals surface area contributed by atoms with E-state index in [1.54, 1.807) is 0 Å². The summed E-state index contributed by atoms with van der Waals surface area (Å²) in [6.07, 6.45) is 0.585. The smallest absolute Gasteiger partial charge is 0.0864 e. The van der Waals surface area contributed by atoms with Gasteiger partial charge in [0.25, 0.3) is 0 Å². The summed E-state index contributed by atoms with van der Waals surface area (Å²) in [4.78, 5) is 0. The number of rotatable bonds is 4. The van der Waals surface area contributed by atoms with Gasteiger partial charge < -0.3 is 5.11 Å². The zero-order chi connectivity index (χ0) is 13.2. The number of hydrogen-bond donors (Lipinski definition) is 1. The largest absolute Gasteiger partial charge is 0.388 e. The fraction of sp³-hybridized carbons (Fsp3) is 0.222. The van der Waals surface area contributed by atoms with E-state index in [9.17, 15) is 5.11 Å². The molecule has 19 heavy (non-hydrogen) atoms. The second-order valence-electron chi connectivity index (χ2n) is 5.23. The third-order valence-corrected chi connectivity index (χ3v) is 3.87. The van der Waals surface area contributed by atoms with Gasteiger partial charge in [0, 0.05) is 5.92 Å². The summed E-state index contributed by atoms with van der Waals surface area (Å²) in [6.45, 7) is 2.10. The van der Waals surface area contributed by atoms with E-state index in [1.807, 2.05) is 36.4 Å². The molecule has 0 bridgehead atoms. The van der Waals surface area contributed by atoms with Gasteiger partial charge in [-0.2, -0.15) is 0 Å². The van der Waals surface area contributed by atoms with Crippen molar-refractivity contribution < 1.29 is 5.11 Å². The maximum Gasteiger partial charge on any atom is 0.0864 e. The number of aliphatic hydroxyl groups is 1. The Morgan fingerprint density at radius 2 is 1.26 bits per heavy atom. The highest BCUT2D eigenvalue weighted by Crippen LogP contribution is 2.41. The first kappa shape index (κ1) is 12.2. The highest BCUT2D eigenvalue weighted by atomic mass is 16.3. The van der Waals surface area contributed by atoms with Crippen LogP contribution in [-0.2, 0) is 0 Å². The predicted molar refractivity (Wildman–Crippen MR) is 78.1 cm³/mol. The van der Waals surface area contributed by atoms with E-state index < -0.39 is 6.10 Å². The van der Waals surface area contributed by atoms with Crippen molar-refractivity contribution in [2.24, 2.45) is 0 Å². The van der Waals surface area contributed by atoms with Gasteiger partial charge in [-0.1, -0.05) is 66.2 Å². The Morgan fingerprint density at radius 1 is 0.842 bits per heavy atom. The molecule has 1 aliphatic carbocycles. The van der Waals surface area contributed by atoms with Gasteiger partial charge in [-0.25, -0.2) is 0 Å². The van der Waals surface area contributed by atoms with Crippen molar-refractivity contribution in [2.75, 3.05) is 0 Å². The van der Waals surface area contributed by atoms with Crippen molar-refractivity contribution >= 4 is 0 Å². The SMILES string of the molecule is CC1=C(C(O)C(c2ccccc2)c2ccccc2)C1. The Labute approximate surface area is 114 Å². The molecule has 1 heteroatoms. The first-order valence-corrected chi connectivity index (χ1v) is 6.74. The van der Waals surface area contributed by atoms with Gasteiger partial charge in [-0.05, 0) is 30.0 Å². The lowest BCUT2D eigenvalue weighted by Crippen LogP contribution is -2.19. The lowest BCUT2D eigenvalue weighted by atomic mass is 9.85. The average Bonchev–Trinajstić information content (AvgIpc) is 3.19. The Balaban J connectivity index is 2.01. The molecule has 0 saturated heterocycles. The van der Waals surface area contributed by atoms with Gasteiger partial charge >= 0.3 is 0 Å². The van der Waals surface area contributed by atoms with Crippen molar-refractivity contribution in [3.05, 3.63) is 82.9 Å². The van der Waals surface area contributed by atoms with E-state index in [0.717, 1.165) is 6.42 Å². The molecule has 0 heterocycles. The van der Waals surface area contributed by atoms with Crippen molar-refractivity contribution in [1.82, 2.24) is 0 Å². The third kappa shape index (κ3) is 2.47. The van der Waals surface area contributed by atoms with E-state index in [4.69, 9.17) is 0 Å². The monoisotopic (exact) mass is 250 g/mol. The highest BCUT2D eigenvalue weighted by Gasteiger charge is 2.32. The number of allylic oxidation sites excluding steroid dienone is 1. The van der Waals surface area contributed by atoms with Gasteiger partial charge in [0.15, 0.2) is 0 Å². The van der Waals surface area contributed by atoms with E-state index >= 15 is 0 Å². The van der Waals surface area contributed by atoms with Gasteiger partial charge in [0.05, 0.1) is 6.10 Å². The minimum Gasteiger partial charge on any atom is -0.388 e. The molecule has 0 amide bonds. The molecule has 2 aromatic carbocycles. The molecule has 1 N–H and O–H groups in total. The molecule has 1 unspecified atom stereocenters. The molecular weight excluding hydrogens is 232 g/mol. The maximum atomic E-state index is 10.7. The molecule has 1 nitrogen and oxygen atoms in total. The first-order valence-electron chi connectivity index (χ1n) is 6.74. The summed E-state index contributed by atoms with van der Waals surface area (Å²) in [5.74, 6) is 0.0369. The molecule has 0 spiro atoms. The van der Waals surface area contributed by atoms with Crippen molar-refractivity contribution in [2.45, 2.75) is 25.4 Å². The van der Waals surface area contributed by atoms with Crippen molar-refractivity contribution in [3.63, 3.8) is 0 Å². The highest BCUT2D eigenvalue weighted by molar-refractivity contribution is 5.44. The molecule has 0 aromatic heterocycles. The second-order valence-corrected chi connectivity index (χ2v) is 5.23. The van der Waals surface area contributed by atoms with E-state index in [-0.39, 0.29) is 5.92 Å². The van der Waals surface area contributed by atoms with Crippen LogP contribution < -0.4 is 0 Å². The zero-order valence-electron chi connectivity index (χ0n) is 11.1. The second kappa shape index (κ2) is 5.02. The normalized spacial score (nSPS) is 15.7. The van der Waals surface area contributed by atoms with Crippen LogP contribution in [0.2, 0.25) is 0 Å². The van der Waals surface area contributed by atoms with Crippen LogP contribution >= 0.6 is 0 Å². The minimum absolute atomic E-state index is 0.0369. The Bertz CT molecular complexity index is 544. The van der Waals surface area contributed by atoms with Crippen LogP contribution in [0, 0.1) is 0 Å². The van der Waals surface area contributed by atoms with Crippen LogP contribution in [0.15, 0.2) is 71.8 Å². The quantitative estimate of drug-likeness (QED) is 0.816. The molecule has 3 rings (SSSR count). The summed E-state index contributed by atoms with van der Waals surface area (Å²) in [5, 5.41) is 10.7. The van der Waals surface area contributed by atoms with Crippen molar-refractivity contribution in [3.8, 4) is 0 Å². The number of hydrogen-bond acceptors (Lipinski definition) is 1. The first-order chi connectivity index (χ1) is 9.27. The van der Waals surface area contributed by atoms with Gasteiger partial charge in [0.2, 0.25) is 0 Å². The zero-order valence-corrected chi connectivity index (χ0v) is 11.1. The van der Waals surface area contributed by atoms with E-state index in [0.29, 0.717) is 0 Å². The molecule has 1 atom stereocenters. The van der Waals surface area contributed by atoms with Crippen LogP contribution in [0.25, 0.3) is 0 Å². The standard InChI is InChI=1S/C18H18O/c1-13-12-16(13)18(19)17(14-8-4-2-5-9-14)15-10-6-3-7-11-15/h2-11,17-19H,12H2,1H3. The molecule has 0 radical (unpaired) electrons. The molecular formula is C18H18O. The summed E-state index contributed by atoms with van der Waals surface area (Å²) < 4.78 is 0. The molecule has 1 aliphatic rings. The Morgan fingerprint density at radius 3 is 1.63 bits per heavy atom. The Kier molecular flexibility index (Phi) is 3.22. The lowest BCUT2D eigenvalue weighted by Gasteiger charge is -2.22. The van der Waals surface area contributed by atoms with E-state index in [1.165, 1.54) is 22.3 Å². The molecule has 2 aromatic rings. The fourth-order valence-corrected chi connectivity index (χ4v) is 2.68. The van der Waals surface area contributed by atoms with Crippen LogP contribution in [0.5, 0.6) is 0 Å². The summed E-state index contributed by atoms with van der Waals surface area (Å²) in [6, 6.07) is 20.5. The number of aliphatic hydroxyl groups excluding tert-OH is 1. The lowest BCUT2D eigenvalue weighted by molar-refractivity contribution is 0.196. The van der Waals surface area contributed by atoms with E-state index in [2.05, 4.69) is 31.2 Å². The molecule has 0 fully saturated rings. The summed E-state index contributed by atoms with van der Waals surface area (Å²) in [7, 11) is 0. The van der Waals surface area contributed by atoms with Crippen LogP contribution in [0.1, 0.15) is 30.4 Å². The summed E-state index contributed by atoms with van der Waals surface area (Å²) >= 11 is 0. The van der Waals surface area contributed by atoms with Crippen LogP contribution in [0.3, 0.4) is 0 Å². The third-order valence-electron chi connectivity index (χ3n) is 3.87. The molecule has 0 aliphatic heterocycles. The maximum absolute atomic E-state index is 10.7. The fourth-order valence-electron chi connectivity index (χ4n) is 2.68. The average molecular weight is 250 g/mol. The minimum atomic E-state index is -0.398. The van der Waals surface area contributed by atoms with Gasteiger partial charge in [-0.15, -0.1) is 0 Å². The number of benzene rings is 2. The van der Waals surface area contributed by atoms with Gasteiger partial charge in [-0.3, -0.25) is 0 Å². The van der Waals surface area contributed by atoms with Crippen LogP contribution in [0.4, 0.5) is 0 Å². The predicted octanol–water partition coefficient (Wildman–Crippen LogP) is 3.90. The molecule has 0 saturated carbocycles. The topological polar surface area (TPSA) is 20.2 Å².